The largest absolute Gasteiger partial charge is 0.493 e. The first-order valence-corrected chi connectivity index (χ1v) is 6.48. The molecule has 3 N–H and O–H groups in total. The van der Waals surface area contributed by atoms with E-state index in [4.69, 9.17) is 10.5 Å². The molecule has 1 aliphatic heterocycles. The molecule has 3 rings (SSSR count). The number of nitrogens with zero attached hydrogens (tertiary/aromatic N) is 1. The monoisotopic (exact) mass is 269 g/mol. The van der Waals surface area contributed by atoms with E-state index in [1.807, 2.05) is 18.2 Å². The molecule has 1 aromatic heterocycles. The van der Waals surface area contributed by atoms with Crippen LogP contribution in [0.4, 0.5) is 5.69 Å². The Hall–Kier alpha value is -2.40. The van der Waals surface area contributed by atoms with Gasteiger partial charge in [-0.25, -0.2) is 0 Å². The van der Waals surface area contributed by atoms with E-state index in [1.54, 1.807) is 18.3 Å². The first kappa shape index (κ1) is 12.6. The van der Waals surface area contributed by atoms with Gasteiger partial charge in [-0.1, -0.05) is 0 Å². The van der Waals surface area contributed by atoms with E-state index in [0.717, 1.165) is 29.0 Å². The second kappa shape index (κ2) is 5.30. The fraction of sp³-hybridized carbons (Fsp3) is 0.200. The SMILES string of the molecule is NCc1ccnc(C(=O)Nc2ccc3c(c2)CCO3)c1. The minimum absolute atomic E-state index is 0.237. The molecular weight excluding hydrogens is 254 g/mol. The third-order valence-corrected chi connectivity index (χ3v) is 3.24. The number of hydrogen-bond donors (Lipinski definition) is 2. The molecule has 0 radical (unpaired) electrons. The van der Waals surface area contributed by atoms with Crippen LogP contribution in [0.15, 0.2) is 36.5 Å². The van der Waals surface area contributed by atoms with Gasteiger partial charge >= 0.3 is 0 Å². The summed E-state index contributed by atoms with van der Waals surface area (Å²) in [7, 11) is 0. The van der Waals surface area contributed by atoms with Crippen LogP contribution in [0.25, 0.3) is 0 Å². The Morgan fingerprint density at radius 2 is 2.25 bits per heavy atom. The number of carbonyl (C=O) groups excluding carboxylic acids is 1. The lowest BCUT2D eigenvalue weighted by Crippen LogP contribution is -2.14. The number of rotatable bonds is 3. The van der Waals surface area contributed by atoms with Gasteiger partial charge in [0, 0.05) is 24.8 Å². The Bertz CT molecular complexity index is 655. The topological polar surface area (TPSA) is 77.2 Å². The van der Waals surface area contributed by atoms with Gasteiger partial charge in [-0.05, 0) is 41.5 Å². The summed E-state index contributed by atoms with van der Waals surface area (Å²) >= 11 is 0. The highest BCUT2D eigenvalue weighted by Crippen LogP contribution is 2.27. The molecule has 2 heterocycles. The zero-order valence-electron chi connectivity index (χ0n) is 10.9. The number of nitrogens with two attached hydrogens (primary N) is 1. The molecule has 0 unspecified atom stereocenters. The van der Waals surface area contributed by atoms with Gasteiger partial charge < -0.3 is 15.8 Å². The zero-order valence-corrected chi connectivity index (χ0v) is 10.9. The molecule has 0 aliphatic carbocycles. The van der Waals surface area contributed by atoms with Crippen LogP contribution in [0.2, 0.25) is 0 Å². The third-order valence-electron chi connectivity index (χ3n) is 3.24. The molecule has 1 aliphatic rings. The van der Waals surface area contributed by atoms with E-state index in [0.29, 0.717) is 18.8 Å². The molecule has 5 nitrogen and oxygen atoms in total. The number of ether oxygens (including phenoxy) is 1. The van der Waals surface area contributed by atoms with Crippen LogP contribution in [0, 0.1) is 0 Å². The van der Waals surface area contributed by atoms with E-state index >= 15 is 0 Å². The zero-order chi connectivity index (χ0) is 13.9. The van der Waals surface area contributed by atoms with Crippen LogP contribution in [0.5, 0.6) is 5.75 Å². The molecule has 0 saturated carbocycles. The summed E-state index contributed by atoms with van der Waals surface area (Å²) in [4.78, 5) is 16.2. The molecule has 0 fully saturated rings. The molecular formula is C15H15N3O2. The lowest BCUT2D eigenvalue weighted by atomic mass is 10.1. The Morgan fingerprint density at radius 1 is 1.35 bits per heavy atom. The van der Waals surface area contributed by atoms with Crippen molar-refractivity contribution in [1.82, 2.24) is 4.98 Å². The van der Waals surface area contributed by atoms with E-state index in [1.165, 1.54) is 0 Å². The fourth-order valence-electron chi connectivity index (χ4n) is 2.18. The number of hydrogen-bond acceptors (Lipinski definition) is 4. The fourth-order valence-corrected chi connectivity index (χ4v) is 2.18. The molecule has 5 heteroatoms. The van der Waals surface area contributed by atoms with Gasteiger partial charge in [0.25, 0.3) is 5.91 Å². The summed E-state index contributed by atoms with van der Waals surface area (Å²) in [5, 5.41) is 2.84. The summed E-state index contributed by atoms with van der Waals surface area (Å²) in [6.07, 6.45) is 2.47. The van der Waals surface area contributed by atoms with Crippen LogP contribution in [-0.4, -0.2) is 17.5 Å². The molecule has 102 valence electrons. The molecule has 0 bridgehead atoms. The number of anilines is 1. The maximum atomic E-state index is 12.1. The van der Waals surface area contributed by atoms with Crippen molar-refractivity contribution in [3.8, 4) is 5.75 Å². The number of amides is 1. The van der Waals surface area contributed by atoms with Gasteiger partial charge in [0.05, 0.1) is 6.61 Å². The predicted octanol–water partition coefficient (Wildman–Crippen LogP) is 1.73. The minimum Gasteiger partial charge on any atom is -0.493 e. The second-order valence-corrected chi connectivity index (χ2v) is 4.63. The van der Waals surface area contributed by atoms with Crippen LogP contribution in [0.3, 0.4) is 0 Å². The number of pyridine rings is 1. The highest BCUT2D eigenvalue weighted by atomic mass is 16.5. The number of aromatic nitrogens is 1. The van der Waals surface area contributed by atoms with Crippen molar-refractivity contribution in [3.63, 3.8) is 0 Å². The first-order chi connectivity index (χ1) is 9.76. The summed E-state index contributed by atoms with van der Waals surface area (Å²) in [5.41, 5.74) is 8.67. The van der Waals surface area contributed by atoms with E-state index in [2.05, 4.69) is 10.3 Å². The Balaban J connectivity index is 1.78. The lowest BCUT2D eigenvalue weighted by molar-refractivity contribution is 0.102. The van der Waals surface area contributed by atoms with Crippen molar-refractivity contribution < 1.29 is 9.53 Å². The highest BCUT2D eigenvalue weighted by Gasteiger charge is 2.14. The minimum atomic E-state index is -0.237. The highest BCUT2D eigenvalue weighted by molar-refractivity contribution is 6.03. The van der Waals surface area contributed by atoms with Crippen molar-refractivity contribution in [3.05, 3.63) is 53.3 Å². The summed E-state index contributed by atoms with van der Waals surface area (Å²) in [6, 6.07) is 9.14. The molecule has 1 amide bonds. The smallest absolute Gasteiger partial charge is 0.274 e. The number of fused-ring (bicyclic) bond motifs is 1. The van der Waals surface area contributed by atoms with Crippen molar-refractivity contribution in [2.24, 2.45) is 5.73 Å². The van der Waals surface area contributed by atoms with E-state index in [-0.39, 0.29) is 5.91 Å². The van der Waals surface area contributed by atoms with Gasteiger partial charge in [0.15, 0.2) is 0 Å². The summed E-state index contributed by atoms with van der Waals surface area (Å²) in [5.74, 6) is 0.658. The van der Waals surface area contributed by atoms with Crippen LogP contribution < -0.4 is 15.8 Å². The van der Waals surface area contributed by atoms with Crippen LogP contribution in [0.1, 0.15) is 21.6 Å². The molecule has 20 heavy (non-hydrogen) atoms. The molecule has 1 aromatic carbocycles. The van der Waals surface area contributed by atoms with Crippen molar-refractivity contribution >= 4 is 11.6 Å². The van der Waals surface area contributed by atoms with Gasteiger partial charge in [0.2, 0.25) is 0 Å². The Kier molecular flexibility index (Phi) is 3.35. The maximum Gasteiger partial charge on any atom is 0.274 e. The van der Waals surface area contributed by atoms with E-state index in [9.17, 15) is 4.79 Å². The van der Waals surface area contributed by atoms with Crippen LogP contribution in [-0.2, 0) is 13.0 Å². The Labute approximate surface area is 116 Å². The van der Waals surface area contributed by atoms with Crippen molar-refractivity contribution in [2.75, 3.05) is 11.9 Å². The third kappa shape index (κ3) is 2.48. The lowest BCUT2D eigenvalue weighted by Gasteiger charge is -2.07. The van der Waals surface area contributed by atoms with E-state index < -0.39 is 0 Å². The first-order valence-electron chi connectivity index (χ1n) is 6.48. The molecule has 0 spiro atoms. The van der Waals surface area contributed by atoms with Gasteiger partial charge in [-0.15, -0.1) is 0 Å². The average Bonchev–Trinajstić information content (AvgIpc) is 2.95. The predicted molar refractivity (Wildman–Crippen MR) is 75.7 cm³/mol. The molecule has 0 saturated heterocycles. The Morgan fingerprint density at radius 3 is 3.10 bits per heavy atom. The quantitative estimate of drug-likeness (QED) is 0.889. The van der Waals surface area contributed by atoms with Gasteiger partial charge in [-0.2, -0.15) is 0 Å². The second-order valence-electron chi connectivity index (χ2n) is 4.63. The van der Waals surface area contributed by atoms with Gasteiger partial charge in [-0.3, -0.25) is 9.78 Å². The number of nitrogens with one attached hydrogen (secondary N) is 1. The van der Waals surface area contributed by atoms with Gasteiger partial charge in [0.1, 0.15) is 11.4 Å². The van der Waals surface area contributed by atoms with Crippen LogP contribution >= 0.6 is 0 Å². The molecule has 2 aromatic rings. The normalized spacial score (nSPS) is 12.7. The molecule has 0 atom stereocenters. The number of carbonyl (C=O) groups is 1. The standard InChI is InChI=1S/C15H15N3O2/c16-9-10-3-5-17-13(7-10)15(19)18-12-1-2-14-11(8-12)4-6-20-14/h1-3,5,7-8H,4,6,9,16H2,(H,18,19). The summed E-state index contributed by atoms with van der Waals surface area (Å²) in [6.45, 7) is 1.09. The maximum absolute atomic E-state index is 12.1. The summed E-state index contributed by atoms with van der Waals surface area (Å²) < 4.78 is 5.43. The average molecular weight is 269 g/mol. The number of benzene rings is 1. The van der Waals surface area contributed by atoms with Crippen molar-refractivity contribution in [2.45, 2.75) is 13.0 Å². The van der Waals surface area contributed by atoms with Crippen molar-refractivity contribution in [1.29, 1.82) is 0 Å².